The third kappa shape index (κ3) is 11.8. The first-order valence-electron chi connectivity index (χ1n) is 16.0. The maximum absolute atomic E-state index is 13.3. The van der Waals surface area contributed by atoms with E-state index in [0.717, 1.165) is 31.2 Å². The van der Waals surface area contributed by atoms with E-state index in [9.17, 15) is 24.3 Å². The number of allylic oxidation sites excluding steroid dienone is 2. The maximum Gasteiger partial charge on any atom is 0.346 e. The smallest absolute Gasteiger partial charge is 0.346 e. The Hall–Kier alpha value is -5.38. The molecule has 0 aliphatic carbocycles. The van der Waals surface area contributed by atoms with Gasteiger partial charge >= 0.3 is 11.9 Å². The van der Waals surface area contributed by atoms with Gasteiger partial charge in [0.15, 0.2) is 0 Å². The standard InChI is InChI=1S/C38H44N2O8/c1-5-8-9-10-23-47-34(7-3)33(6-2)38(45)48-32-21-13-28(14-22-32)25-40(26-36(42)43)37(44)29-15-17-30(18-16-29)39-35(41)24-27-11-19-31(46-4)20-12-27/h6-7,11-22H,5,8-10,23-26H2,1-4H3,(H,39,41)(H,42,43). The number of carbonyl (C=O) groups excluding carboxylic acids is 3. The Morgan fingerprint density at radius 1 is 0.812 bits per heavy atom. The van der Waals surface area contributed by atoms with Crippen molar-refractivity contribution in [2.75, 3.05) is 25.6 Å². The van der Waals surface area contributed by atoms with Crippen LogP contribution in [0.25, 0.3) is 0 Å². The molecule has 10 heteroatoms. The first-order chi connectivity index (χ1) is 23.2. The molecule has 254 valence electrons. The fraction of sp³-hybridized carbons (Fsp3) is 0.316. The third-order valence-electron chi connectivity index (χ3n) is 7.35. The summed E-state index contributed by atoms with van der Waals surface area (Å²) in [5.74, 6) is -0.987. The second-order valence-electron chi connectivity index (χ2n) is 11.0. The van der Waals surface area contributed by atoms with Crippen LogP contribution in [0.1, 0.15) is 67.9 Å². The van der Waals surface area contributed by atoms with Gasteiger partial charge in [0, 0.05) is 17.8 Å². The lowest BCUT2D eigenvalue weighted by Gasteiger charge is -2.21. The molecule has 0 unspecified atom stereocenters. The molecular formula is C38H44N2O8. The summed E-state index contributed by atoms with van der Waals surface area (Å²) in [6, 6.07) is 20.0. The number of amides is 2. The van der Waals surface area contributed by atoms with Crippen LogP contribution in [0.15, 0.2) is 96.3 Å². The number of carbonyl (C=O) groups is 4. The van der Waals surface area contributed by atoms with Crippen molar-refractivity contribution in [1.29, 1.82) is 0 Å². The van der Waals surface area contributed by atoms with Gasteiger partial charge < -0.3 is 29.5 Å². The van der Waals surface area contributed by atoms with Crippen molar-refractivity contribution >= 4 is 29.4 Å². The fourth-order valence-corrected chi connectivity index (χ4v) is 4.81. The maximum atomic E-state index is 13.3. The summed E-state index contributed by atoms with van der Waals surface area (Å²) < 4.78 is 16.6. The van der Waals surface area contributed by atoms with Gasteiger partial charge in [-0.15, -0.1) is 0 Å². The van der Waals surface area contributed by atoms with Crippen LogP contribution < -0.4 is 14.8 Å². The van der Waals surface area contributed by atoms with E-state index in [1.165, 1.54) is 17.0 Å². The summed E-state index contributed by atoms with van der Waals surface area (Å²) in [5, 5.41) is 12.3. The number of nitrogens with one attached hydrogen (secondary N) is 1. The van der Waals surface area contributed by atoms with E-state index in [2.05, 4.69) is 12.2 Å². The lowest BCUT2D eigenvalue weighted by molar-refractivity contribution is -0.138. The highest BCUT2D eigenvalue weighted by atomic mass is 16.5. The van der Waals surface area contributed by atoms with E-state index in [1.54, 1.807) is 81.6 Å². The summed E-state index contributed by atoms with van der Waals surface area (Å²) in [6.07, 6.45) is 7.76. The van der Waals surface area contributed by atoms with Crippen LogP contribution in [0.2, 0.25) is 0 Å². The lowest BCUT2D eigenvalue weighted by Crippen LogP contribution is -2.35. The van der Waals surface area contributed by atoms with Gasteiger partial charge in [0.1, 0.15) is 23.8 Å². The van der Waals surface area contributed by atoms with Gasteiger partial charge in [0.05, 0.1) is 25.7 Å². The van der Waals surface area contributed by atoms with Crippen LogP contribution in [-0.4, -0.2) is 54.0 Å². The van der Waals surface area contributed by atoms with Gasteiger partial charge in [0.25, 0.3) is 5.91 Å². The summed E-state index contributed by atoms with van der Waals surface area (Å²) in [5.41, 5.74) is 2.54. The van der Waals surface area contributed by atoms with Crippen LogP contribution in [-0.2, 0) is 32.1 Å². The average molecular weight is 657 g/mol. The molecule has 0 aliphatic heterocycles. The Morgan fingerprint density at radius 2 is 1.46 bits per heavy atom. The molecule has 0 atom stereocenters. The zero-order chi connectivity index (χ0) is 34.9. The van der Waals surface area contributed by atoms with E-state index >= 15 is 0 Å². The van der Waals surface area contributed by atoms with E-state index in [4.69, 9.17) is 14.2 Å². The highest BCUT2D eigenvalue weighted by molar-refractivity contribution is 5.97. The summed E-state index contributed by atoms with van der Waals surface area (Å²) in [4.78, 5) is 51.6. The Labute approximate surface area is 282 Å². The number of anilines is 1. The Kier molecular flexibility index (Phi) is 14.9. The molecule has 48 heavy (non-hydrogen) atoms. The zero-order valence-corrected chi connectivity index (χ0v) is 28.0. The minimum atomic E-state index is -1.16. The normalized spacial score (nSPS) is 11.4. The summed E-state index contributed by atoms with van der Waals surface area (Å²) >= 11 is 0. The molecule has 0 aliphatic rings. The summed E-state index contributed by atoms with van der Waals surface area (Å²) in [6.45, 7) is 5.68. The molecule has 0 heterocycles. The van der Waals surface area contributed by atoms with Crippen molar-refractivity contribution in [2.45, 2.75) is 59.4 Å². The van der Waals surface area contributed by atoms with Gasteiger partial charge in [-0.05, 0) is 86.0 Å². The van der Waals surface area contributed by atoms with E-state index in [1.807, 2.05) is 12.1 Å². The highest BCUT2D eigenvalue weighted by Gasteiger charge is 2.20. The fourth-order valence-electron chi connectivity index (χ4n) is 4.81. The van der Waals surface area contributed by atoms with Crippen LogP contribution in [0.5, 0.6) is 11.5 Å². The first-order valence-corrected chi connectivity index (χ1v) is 16.0. The van der Waals surface area contributed by atoms with Crippen LogP contribution in [0.4, 0.5) is 5.69 Å². The van der Waals surface area contributed by atoms with Crippen molar-refractivity contribution in [3.63, 3.8) is 0 Å². The number of benzene rings is 3. The van der Waals surface area contributed by atoms with Crippen molar-refractivity contribution < 1.29 is 38.5 Å². The van der Waals surface area contributed by atoms with E-state index in [-0.39, 0.29) is 24.4 Å². The molecule has 0 fully saturated rings. The molecule has 3 rings (SSSR count). The number of carboxylic acids is 1. The molecule has 0 saturated heterocycles. The number of carboxylic acid groups (broad SMARTS) is 1. The molecule has 3 aromatic carbocycles. The number of unbranched alkanes of at least 4 members (excludes halogenated alkanes) is 3. The predicted molar refractivity (Wildman–Crippen MR) is 184 cm³/mol. The lowest BCUT2D eigenvalue weighted by atomic mass is 10.1. The van der Waals surface area contributed by atoms with Crippen molar-refractivity contribution in [3.05, 3.63) is 113 Å². The Morgan fingerprint density at radius 3 is 2.04 bits per heavy atom. The third-order valence-corrected chi connectivity index (χ3v) is 7.35. The van der Waals surface area contributed by atoms with Crippen molar-refractivity contribution in [1.82, 2.24) is 4.90 Å². The van der Waals surface area contributed by atoms with Crippen LogP contribution in [0.3, 0.4) is 0 Å². The molecule has 0 radical (unpaired) electrons. The predicted octanol–water partition coefficient (Wildman–Crippen LogP) is 6.96. The van der Waals surface area contributed by atoms with Crippen LogP contribution >= 0.6 is 0 Å². The monoisotopic (exact) mass is 656 g/mol. The molecule has 10 nitrogen and oxygen atoms in total. The minimum absolute atomic E-state index is 0.00835. The number of ether oxygens (including phenoxy) is 3. The first kappa shape index (κ1) is 37.1. The number of hydrogen-bond acceptors (Lipinski definition) is 7. The second kappa shape index (κ2) is 19.3. The largest absolute Gasteiger partial charge is 0.497 e. The van der Waals surface area contributed by atoms with Crippen LogP contribution in [0, 0.1) is 0 Å². The quantitative estimate of drug-likeness (QED) is 0.0375. The molecular weight excluding hydrogens is 612 g/mol. The Bertz CT molecular complexity index is 1580. The number of rotatable bonds is 18. The molecule has 2 amide bonds. The van der Waals surface area contributed by atoms with Crippen molar-refractivity contribution in [3.8, 4) is 11.5 Å². The average Bonchev–Trinajstić information content (AvgIpc) is 3.08. The SMILES string of the molecule is CC=C(OCCCCCC)C(=CC)C(=O)Oc1ccc(CN(CC(=O)O)C(=O)c2ccc(NC(=O)Cc3ccc(OC)cc3)cc2)cc1. The minimum Gasteiger partial charge on any atom is -0.497 e. The molecule has 0 saturated carbocycles. The van der Waals surface area contributed by atoms with Gasteiger partial charge in [-0.2, -0.15) is 0 Å². The molecule has 2 N–H and O–H groups in total. The van der Waals surface area contributed by atoms with Gasteiger partial charge in [-0.25, -0.2) is 4.79 Å². The number of hydrogen-bond donors (Lipinski definition) is 2. The molecule has 0 bridgehead atoms. The van der Waals surface area contributed by atoms with E-state index in [0.29, 0.717) is 40.7 Å². The second-order valence-corrected chi connectivity index (χ2v) is 11.0. The van der Waals surface area contributed by atoms with Gasteiger partial charge in [-0.1, -0.05) is 56.5 Å². The van der Waals surface area contributed by atoms with Crippen molar-refractivity contribution in [2.24, 2.45) is 0 Å². The number of methoxy groups -OCH3 is 1. The zero-order valence-electron chi connectivity index (χ0n) is 28.0. The Balaban J connectivity index is 1.60. The number of nitrogens with zero attached hydrogens (tertiary/aromatic N) is 1. The summed E-state index contributed by atoms with van der Waals surface area (Å²) in [7, 11) is 1.57. The molecule has 3 aromatic rings. The highest BCUT2D eigenvalue weighted by Crippen LogP contribution is 2.21. The number of aliphatic carboxylic acids is 1. The van der Waals surface area contributed by atoms with E-state index < -0.39 is 24.4 Å². The molecule has 0 spiro atoms. The molecule has 0 aromatic heterocycles. The van der Waals surface area contributed by atoms with Gasteiger partial charge in [0.2, 0.25) is 5.91 Å². The van der Waals surface area contributed by atoms with Gasteiger partial charge in [-0.3, -0.25) is 14.4 Å². The number of esters is 1. The topological polar surface area (TPSA) is 131 Å².